The Bertz CT molecular complexity index is 935. The van der Waals surface area contributed by atoms with Crippen molar-refractivity contribution in [2.24, 2.45) is 0 Å². The fourth-order valence-electron chi connectivity index (χ4n) is 2.40. The molecule has 3 rings (SSSR count). The van der Waals surface area contributed by atoms with E-state index < -0.39 is 0 Å². The molecule has 29 heavy (non-hydrogen) atoms. The molecule has 148 valence electrons. The van der Waals surface area contributed by atoms with Gasteiger partial charge in [0.25, 0.3) is 10.3 Å². The van der Waals surface area contributed by atoms with E-state index >= 15 is 0 Å². The number of rotatable bonds is 4. The van der Waals surface area contributed by atoms with Crippen LogP contribution in [0.2, 0.25) is 10.0 Å². The zero-order valence-corrected chi connectivity index (χ0v) is 18.3. The second-order valence-corrected chi connectivity index (χ2v) is 7.47. The van der Waals surface area contributed by atoms with Crippen LogP contribution in [0.15, 0.2) is 72.8 Å². The lowest BCUT2D eigenvalue weighted by Crippen LogP contribution is -2.47. The zero-order chi connectivity index (χ0) is 20.8. The Labute approximate surface area is 189 Å². The normalized spacial score (nSPS) is 10.3. The van der Waals surface area contributed by atoms with Crippen LogP contribution >= 0.6 is 47.6 Å². The molecule has 0 aliphatic rings. The fourth-order valence-corrected chi connectivity index (χ4v) is 3.27. The summed E-state index contributed by atoms with van der Waals surface area (Å²) in [6.07, 6.45) is 0. The van der Waals surface area contributed by atoms with Gasteiger partial charge in [-0.15, -0.1) is 0 Å². The summed E-state index contributed by atoms with van der Waals surface area (Å²) in [4.78, 5) is 1.54. The summed E-state index contributed by atoms with van der Waals surface area (Å²) in [6.45, 7) is 0.678. The van der Waals surface area contributed by atoms with Crippen molar-refractivity contribution in [2.45, 2.75) is 6.54 Å². The number of nitrogens with zero attached hydrogens (tertiary/aromatic N) is 1. The highest BCUT2D eigenvalue weighted by Gasteiger charge is 2.21. The highest BCUT2D eigenvalue weighted by Crippen LogP contribution is 2.23. The first-order valence-corrected chi connectivity index (χ1v) is 10.2. The minimum Gasteiger partial charge on any atom is -0.431 e. The predicted molar refractivity (Wildman–Crippen MR) is 125 cm³/mol. The van der Waals surface area contributed by atoms with Gasteiger partial charge in [0, 0.05) is 15.6 Å². The standard InChI is InChI=1S/C21H16Cl2N2O2S2/c22-15-3-9-18(10-4-15)26-20(28)25(17-7-1-14(13-24)2-8-17)21(29)27-19-11-5-16(23)6-12-19/h1-12H,13,24H2/p+1. The van der Waals surface area contributed by atoms with Crippen molar-refractivity contribution in [1.29, 1.82) is 0 Å². The number of ether oxygens (including phenoxy) is 2. The second kappa shape index (κ2) is 10.0. The van der Waals surface area contributed by atoms with E-state index in [1.54, 1.807) is 53.4 Å². The lowest BCUT2D eigenvalue weighted by molar-refractivity contribution is -0.386. The molecule has 0 amide bonds. The second-order valence-electron chi connectivity index (χ2n) is 5.90. The monoisotopic (exact) mass is 463 g/mol. The van der Waals surface area contributed by atoms with E-state index in [1.807, 2.05) is 24.3 Å². The molecular formula is C21H17Cl2N2O2S2+. The molecule has 8 heteroatoms. The average molecular weight is 464 g/mol. The lowest BCUT2D eigenvalue weighted by atomic mass is 10.2. The summed E-state index contributed by atoms with van der Waals surface area (Å²) in [7, 11) is 0. The molecule has 3 N–H and O–H groups in total. The molecule has 4 nitrogen and oxygen atoms in total. The molecule has 3 aromatic carbocycles. The molecule has 0 saturated carbocycles. The van der Waals surface area contributed by atoms with Crippen LogP contribution < -0.4 is 20.1 Å². The molecule has 0 atom stereocenters. The third-order valence-electron chi connectivity index (χ3n) is 3.89. The van der Waals surface area contributed by atoms with E-state index in [2.05, 4.69) is 5.73 Å². The smallest absolute Gasteiger partial charge is 0.277 e. The molecule has 0 bridgehead atoms. The first kappa shape index (κ1) is 21.5. The summed E-state index contributed by atoms with van der Waals surface area (Å²) in [6, 6.07) is 21.4. The van der Waals surface area contributed by atoms with Gasteiger partial charge in [-0.1, -0.05) is 35.3 Å². The Morgan fingerprint density at radius 3 is 1.52 bits per heavy atom. The van der Waals surface area contributed by atoms with Crippen molar-refractivity contribution in [1.82, 2.24) is 0 Å². The van der Waals surface area contributed by atoms with Crippen molar-refractivity contribution in [3.8, 4) is 11.5 Å². The predicted octanol–water partition coefficient (Wildman–Crippen LogP) is 5.27. The maximum absolute atomic E-state index is 5.93. The fraction of sp³-hybridized carbons (Fsp3) is 0.0476. The third kappa shape index (κ3) is 5.88. The van der Waals surface area contributed by atoms with Crippen molar-refractivity contribution in [3.05, 3.63) is 88.4 Å². The van der Waals surface area contributed by atoms with Crippen molar-refractivity contribution < 1.29 is 15.2 Å². The van der Waals surface area contributed by atoms with Gasteiger partial charge in [-0.2, -0.15) is 0 Å². The summed E-state index contributed by atoms with van der Waals surface area (Å²) < 4.78 is 11.6. The van der Waals surface area contributed by atoms with Crippen LogP contribution in [0.5, 0.6) is 11.5 Å². The van der Waals surface area contributed by atoms with Crippen LogP contribution in [0.4, 0.5) is 5.69 Å². The maximum atomic E-state index is 5.93. The maximum Gasteiger partial charge on any atom is 0.277 e. The summed E-state index contributed by atoms with van der Waals surface area (Å²) in [5.74, 6) is 1.07. The first-order chi connectivity index (χ1) is 14.0. The molecular weight excluding hydrogens is 447 g/mol. The molecule has 0 saturated heterocycles. The minimum absolute atomic E-state index is 0.119. The van der Waals surface area contributed by atoms with E-state index in [0.717, 1.165) is 5.56 Å². The van der Waals surface area contributed by atoms with Crippen molar-refractivity contribution >= 4 is 63.7 Å². The van der Waals surface area contributed by atoms with Gasteiger partial charge in [0.1, 0.15) is 11.5 Å². The lowest BCUT2D eigenvalue weighted by Gasteiger charge is -2.25. The van der Waals surface area contributed by atoms with Crippen molar-refractivity contribution in [2.75, 3.05) is 4.90 Å². The topological polar surface area (TPSA) is 49.3 Å². The molecule has 0 radical (unpaired) electrons. The van der Waals surface area contributed by atoms with Crippen LogP contribution in [-0.2, 0) is 6.54 Å². The van der Waals surface area contributed by atoms with Crippen LogP contribution in [0.1, 0.15) is 5.56 Å². The summed E-state index contributed by atoms with van der Waals surface area (Å²) in [5.41, 5.74) is 5.68. The molecule has 0 heterocycles. The third-order valence-corrected chi connectivity index (χ3v) is 4.92. The van der Waals surface area contributed by atoms with E-state index in [1.165, 1.54) is 0 Å². The Hall–Kier alpha value is -2.22. The van der Waals surface area contributed by atoms with Gasteiger partial charge in [0.2, 0.25) is 0 Å². The Balaban J connectivity index is 1.87. The molecule has 0 spiro atoms. The number of benzene rings is 3. The van der Waals surface area contributed by atoms with Gasteiger partial charge in [0.05, 0.1) is 12.2 Å². The Kier molecular flexibility index (Phi) is 7.41. The number of thiocarbonyl (C=S) groups is 2. The molecule has 0 aromatic heterocycles. The van der Waals surface area contributed by atoms with Crippen LogP contribution in [-0.4, -0.2) is 10.3 Å². The molecule has 0 unspecified atom stereocenters. The van der Waals surface area contributed by atoms with E-state index in [4.69, 9.17) is 57.1 Å². The van der Waals surface area contributed by atoms with Crippen molar-refractivity contribution in [3.63, 3.8) is 0 Å². The molecule has 0 fully saturated rings. The van der Waals surface area contributed by atoms with E-state index in [0.29, 0.717) is 33.8 Å². The number of hydrogen-bond acceptors (Lipinski definition) is 4. The highest BCUT2D eigenvalue weighted by atomic mass is 35.5. The minimum atomic E-state index is 0.119. The van der Waals surface area contributed by atoms with E-state index in [9.17, 15) is 0 Å². The zero-order valence-electron chi connectivity index (χ0n) is 15.2. The number of hydrogen-bond donors (Lipinski definition) is 1. The quantitative estimate of drug-likeness (QED) is 0.534. The van der Waals surface area contributed by atoms with Crippen LogP contribution in [0, 0.1) is 0 Å². The van der Waals surface area contributed by atoms with Gasteiger partial charge in [-0.05, 0) is 85.1 Å². The molecule has 3 aromatic rings. The highest BCUT2D eigenvalue weighted by molar-refractivity contribution is 7.82. The van der Waals surface area contributed by atoms with Gasteiger partial charge in [-0.25, -0.2) is 4.90 Å². The summed E-state index contributed by atoms with van der Waals surface area (Å²) >= 11 is 22.9. The SMILES string of the molecule is [NH3+]Cc1ccc(N(C(=S)Oc2ccc(Cl)cc2)C(=S)Oc2ccc(Cl)cc2)cc1. The largest absolute Gasteiger partial charge is 0.431 e. The number of halogens is 2. The van der Waals surface area contributed by atoms with E-state index in [-0.39, 0.29) is 10.3 Å². The summed E-state index contributed by atoms with van der Waals surface area (Å²) in [5, 5.41) is 1.44. The average Bonchev–Trinajstić information content (AvgIpc) is 2.72. The first-order valence-electron chi connectivity index (χ1n) is 8.59. The molecule has 0 aliphatic carbocycles. The van der Waals surface area contributed by atoms with Gasteiger partial charge >= 0.3 is 0 Å². The Morgan fingerprint density at radius 1 is 0.724 bits per heavy atom. The number of quaternary nitrogens is 1. The molecule has 0 aliphatic heterocycles. The van der Waals surface area contributed by atoms with Gasteiger partial charge in [-0.3, -0.25) is 0 Å². The number of anilines is 1. The van der Waals surface area contributed by atoms with Crippen LogP contribution in [0.3, 0.4) is 0 Å². The van der Waals surface area contributed by atoms with Crippen LogP contribution in [0.25, 0.3) is 0 Å². The Morgan fingerprint density at radius 2 is 1.14 bits per heavy atom. The van der Waals surface area contributed by atoms with Gasteiger partial charge < -0.3 is 15.2 Å². The van der Waals surface area contributed by atoms with Gasteiger partial charge in [0.15, 0.2) is 0 Å².